The number of hydrogen-bond acceptors (Lipinski definition) is 8. The van der Waals surface area contributed by atoms with Crippen LogP contribution in [0.3, 0.4) is 0 Å². The van der Waals surface area contributed by atoms with Gasteiger partial charge in [0, 0.05) is 36.6 Å². The maximum absolute atomic E-state index is 11.4. The molecule has 1 aliphatic rings. The zero-order valence-electron chi connectivity index (χ0n) is 17.8. The van der Waals surface area contributed by atoms with E-state index in [1.807, 2.05) is 10.6 Å². The number of nitrogen functional groups attached to an aromatic ring is 1. The van der Waals surface area contributed by atoms with E-state index in [-0.39, 0.29) is 0 Å². The quantitative estimate of drug-likeness (QED) is 0.422. The van der Waals surface area contributed by atoms with E-state index >= 15 is 0 Å². The van der Waals surface area contributed by atoms with E-state index in [1.165, 1.54) is 6.33 Å². The molecule has 1 saturated heterocycles. The molecule has 166 valence electrons. The molecule has 0 radical (unpaired) electrons. The number of aryl methyl sites for hydroxylation is 1. The summed E-state index contributed by atoms with van der Waals surface area (Å²) in [5.74, 6) is 0.423. The van der Waals surface area contributed by atoms with Crippen molar-refractivity contribution in [3.63, 3.8) is 0 Å². The summed E-state index contributed by atoms with van der Waals surface area (Å²) in [6.45, 7) is 4.43. The molecular formula is C22H24N6O3S. The van der Waals surface area contributed by atoms with E-state index in [1.54, 1.807) is 18.4 Å². The fourth-order valence-corrected chi connectivity index (χ4v) is 5.48. The van der Waals surface area contributed by atoms with Gasteiger partial charge in [-0.2, -0.15) is 5.10 Å². The Labute approximate surface area is 188 Å². The molecule has 1 atom stereocenters. The van der Waals surface area contributed by atoms with Crippen molar-refractivity contribution >= 4 is 38.7 Å². The summed E-state index contributed by atoms with van der Waals surface area (Å²) in [5, 5.41) is 18.0. The zero-order valence-corrected chi connectivity index (χ0v) is 18.6. The molecule has 1 unspecified atom stereocenters. The molecule has 32 heavy (non-hydrogen) atoms. The largest absolute Gasteiger partial charge is 0.495 e. The van der Waals surface area contributed by atoms with Crippen molar-refractivity contribution in [3.05, 3.63) is 41.9 Å². The minimum atomic E-state index is -0.837. The topological polar surface area (TPSA) is 118 Å². The van der Waals surface area contributed by atoms with Crippen molar-refractivity contribution < 1.29 is 14.6 Å². The fourth-order valence-electron chi connectivity index (χ4n) is 4.33. The van der Waals surface area contributed by atoms with Crippen molar-refractivity contribution in [2.75, 3.05) is 32.5 Å². The van der Waals surface area contributed by atoms with Crippen LogP contribution in [0.25, 0.3) is 26.0 Å². The number of carboxylic acids is 1. The molecule has 0 saturated carbocycles. The summed E-state index contributed by atoms with van der Waals surface area (Å²) in [5.41, 5.74) is 10.1. The molecule has 0 amide bonds. The molecule has 3 aromatic heterocycles. The molecule has 1 aromatic carbocycles. The lowest BCUT2D eigenvalue weighted by Gasteiger charge is -2.31. The number of carboxylic acid groups (broad SMARTS) is 1. The Kier molecular flexibility index (Phi) is 5.20. The fraction of sp³-hybridized carbons (Fsp3) is 0.318. The second-order valence-corrected chi connectivity index (χ2v) is 9.08. The number of hydrogen-bond donors (Lipinski definition) is 3. The molecule has 4 N–H and O–H groups in total. The SMILES string of the molecule is COc1cc(C)cc2cc(-c3cc(CN4CCNC(C(=O)O)C4)n4ncnc(N)c34)sc12. The summed E-state index contributed by atoms with van der Waals surface area (Å²) in [4.78, 5) is 18.8. The van der Waals surface area contributed by atoms with Crippen LogP contribution >= 0.6 is 11.3 Å². The first-order valence-electron chi connectivity index (χ1n) is 10.3. The number of benzene rings is 1. The van der Waals surface area contributed by atoms with E-state index in [9.17, 15) is 9.90 Å². The molecule has 5 rings (SSSR count). The first-order valence-corrected chi connectivity index (χ1v) is 11.1. The number of piperazine rings is 1. The minimum absolute atomic E-state index is 0.408. The molecular weight excluding hydrogens is 428 g/mol. The summed E-state index contributed by atoms with van der Waals surface area (Å²) in [7, 11) is 1.68. The predicted molar refractivity (Wildman–Crippen MR) is 124 cm³/mol. The number of anilines is 1. The van der Waals surface area contributed by atoms with E-state index in [0.717, 1.165) is 49.6 Å². The van der Waals surface area contributed by atoms with Crippen LogP contribution < -0.4 is 15.8 Å². The molecule has 4 heterocycles. The number of nitrogens with zero attached hydrogens (tertiary/aromatic N) is 4. The van der Waals surface area contributed by atoms with Crippen molar-refractivity contribution in [3.8, 4) is 16.2 Å². The van der Waals surface area contributed by atoms with Gasteiger partial charge in [0.1, 0.15) is 23.6 Å². The molecule has 4 aromatic rings. The molecule has 10 heteroatoms. The highest BCUT2D eigenvalue weighted by Crippen LogP contribution is 2.42. The minimum Gasteiger partial charge on any atom is -0.495 e. The van der Waals surface area contributed by atoms with Gasteiger partial charge in [-0.05, 0) is 36.1 Å². The van der Waals surface area contributed by atoms with E-state index < -0.39 is 12.0 Å². The molecule has 0 aliphatic carbocycles. The summed E-state index contributed by atoms with van der Waals surface area (Å²) < 4.78 is 8.50. The van der Waals surface area contributed by atoms with Gasteiger partial charge in [0.15, 0.2) is 5.82 Å². The number of aromatic nitrogens is 3. The highest BCUT2D eigenvalue weighted by molar-refractivity contribution is 7.22. The molecule has 0 spiro atoms. The average Bonchev–Trinajstić information content (AvgIpc) is 3.35. The molecule has 1 aliphatic heterocycles. The molecule has 1 fully saturated rings. The lowest BCUT2D eigenvalue weighted by molar-refractivity contribution is -0.140. The van der Waals surface area contributed by atoms with Crippen molar-refractivity contribution in [2.24, 2.45) is 0 Å². The Hall–Kier alpha value is -3.21. The van der Waals surface area contributed by atoms with Gasteiger partial charge in [-0.1, -0.05) is 6.07 Å². The van der Waals surface area contributed by atoms with Crippen LogP contribution in [0.5, 0.6) is 5.75 Å². The van der Waals surface area contributed by atoms with Crippen LogP contribution in [0.4, 0.5) is 5.82 Å². The van der Waals surface area contributed by atoms with Gasteiger partial charge in [-0.15, -0.1) is 11.3 Å². The number of aliphatic carboxylic acids is 1. The van der Waals surface area contributed by atoms with Crippen molar-refractivity contribution in [1.29, 1.82) is 0 Å². The monoisotopic (exact) mass is 452 g/mol. The van der Waals surface area contributed by atoms with E-state index in [2.05, 4.69) is 45.4 Å². The van der Waals surface area contributed by atoms with Crippen LogP contribution in [-0.2, 0) is 11.3 Å². The Bertz CT molecular complexity index is 1330. The van der Waals surface area contributed by atoms with Gasteiger partial charge in [0.2, 0.25) is 0 Å². The number of carbonyl (C=O) groups is 1. The number of nitrogens with two attached hydrogens (primary N) is 1. The summed E-state index contributed by atoms with van der Waals surface area (Å²) >= 11 is 1.65. The van der Waals surface area contributed by atoms with Crippen LogP contribution in [0.2, 0.25) is 0 Å². The van der Waals surface area contributed by atoms with Gasteiger partial charge < -0.3 is 20.9 Å². The molecule has 0 bridgehead atoms. The highest BCUT2D eigenvalue weighted by Gasteiger charge is 2.26. The van der Waals surface area contributed by atoms with Crippen molar-refractivity contribution in [2.45, 2.75) is 19.5 Å². The standard InChI is InChI=1S/C22H24N6O3S/c1-12-5-13-7-18(32-20(13)17(6-12)31-2)15-8-14(28-19(15)21(23)25-11-26-28)9-27-4-3-24-16(10-27)22(29)30/h5-8,11,16,24H,3-4,9-10H2,1-2H3,(H,29,30)(H2,23,25,26). The predicted octanol–water partition coefficient (Wildman–Crippen LogP) is 2.37. The smallest absolute Gasteiger partial charge is 0.322 e. The van der Waals surface area contributed by atoms with E-state index in [4.69, 9.17) is 10.5 Å². The molecule has 9 nitrogen and oxygen atoms in total. The van der Waals surface area contributed by atoms with Crippen LogP contribution in [0.1, 0.15) is 11.3 Å². The van der Waals surface area contributed by atoms with E-state index in [0.29, 0.717) is 25.5 Å². The number of thiophene rings is 1. The first-order chi connectivity index (χ1) is 15.4. The van der Waals surface area contributed by atoms with Gasteiger partial charge in [-0.3, -0.25) is 9.69 Å². The summed E-state index contributed by atoms with van der Waals surface area (Å²) in [6, 6.07) is 7.83. The number of methoxy groups -OCH3 is 1. The summed E-state index contributed by atoms with van der Waals surface area (Å²) in [6.07, 6.45) is 1.45. The maximum atomic E-state index is 11.4. The third-order valence-corrected chi connectivity index (χ3v) is 7.01. The van der Waals surface area contributed by atoms with Gasteiger partial charge in [0.05, 0.1) is 17.5 Å². The second-order valence-electron chi connectivity index (χ2n) is 8.03. The van der Waals surface area contributed by atoms with Crippen LogP contribution in [0.15, 0.2) is 30.6 Å². The lowest BCUT2D eigenvalue weighted by Crippen LogP contribution is -2.53. The average molecular weight is 453 g/mol. The Morgan fingerprint density at radius 2 is 2.22 bits per heavy atom. The zero-order chi connectivity index (χ0) is 22.4. The number of fused-ring (bicyclic) bond motifs is 2. The van der Waals surface area contributed by atoms with Crippen LogP contribution in [-0.4, -0.2) is 63.4 Å². The van der Waals surface area contributed by atoms with Gasteiger partial charge in [0.25, 0.3) is 0 Å². The number of nitrogens with one attached hydrogen (secondary N) is 1. The number of rotatable bonds is 5. The third kappa shape index (κ3) is 3.56. The Balaban J connectivity index is 1.59. The first kappa shape index (κ1) is 20.7. The van der Waals surface area contributed by atoms with Crippen LogP contribution in [0, 0.1) is 6.92 Å². The highest BCUT2D eigenvalue weighted by atomic mass is 32.1. The van der Waals surface area contributed by atoms with Gasteiger partial charge in [-0.25, -0.2) is 9.50 Å². The second kappa shape index (κ2) is 8.05. The lowest BCUT2D eigenvalue weighted by atomic mass is 10.1. The van der Waals surface area contributed by atoms with Gasteiger partial charge >= 0.3 is 5.97 Å². The number of ether oxygens (including phenoxy) is 1. The Morgan fingerprint density at radius 1 is 1.38 bits per heavy atom. The Morgan fingerprint density at radius 3 is 3.00 bits per heavy atom. The third-order valence-electron chi connectivity index (χ3n) is 5.81. The normalized spacial score (nSPS) is 17.2. The van der Waals surface area contributed by atoms with Crippen molar-refractivity contribution in [1.82, 2.24) is 24.8 Å². The maximum Gasteiger partial charge on any atom is 0.322 e.